The zero-order valence-electron chi connectivity index (χ0n) is 19.2. The van der Waals surface area contributed by atoms with Crippen LogP contribution in [0.5, 0.6) is 0 Å². The van der Waals surface area contributed by atoms with E-state index in [1.54, 1.807) is 23.1 Å². The van der Waals surface area contributed by atoms with Gasteiger partial charge < -0.3 is 10.6 Å². The lowest BCUT2D eigenvalue weighted by Crippen LogP contribution is -2.52. The first-order valence-electron chi connectivity index (χ1n) is 10.9. The van der Waals surface area contributed by atoms with Crippen molar-refractivity contribution in [3.8, 4) is 0 Å². The summed E-state index contributed by atoms with van der Waals surface area (Å²) in [4.78, 5) is 35.0. The number of benzene rings is 3. The fourth-order valence-electron chi connectivity index (χ4n) is 3.98. The summed E-state index contributed by atoms with van der Waals surface area (Å²) in [5.74, 6) is -0.670. The van der Waals surface area contributed by atoms with Crippen LogP contribution in [0.4, 0.5) is 11.4 Å². The number of likely N-dealkylation sites (N-methyl/N-ethyl adjacent to an activating group) is 1. The molecule has 6 nitrogen and oxygen atoms in total. The summed E-state index contributed by atoms with van der Waals surface area (Å²) in [5, 5.41) is 0.505. The van der Waals surface area contributed by atoms with Gasteiger partial charge in [0.1, 0.15) is 0 Å². The molecule has 0 saturated carbocycles. The summed E-state index contributed by atoms with van der Waals surface area (Å²) in [6.07, 6.45) is -1.16. The predicted octanol–water partition coefficient (Wildman–Crippen LogP) is 4.97. The number of aryl methyl sites for hydroxylation is 1. The van der Waals surface area contributed by atoms with Gasteiger partial charge in [0.05, 0.1) is 23.1 Å². The van der Waals surface area contributed by atoms with Crippen molar-refractivity contribution < 1.29 is 9.59 Å². The minimum absolute atomic E-state index is 0.142. The molecule has 1 aliphatic heterocycles. The van der Waals surface area contributed by atoms with Gasteiger partial charge in [-0.05, 0) is 42.8 Å². The Bertz CT molecular complexity index is 1320. The van der Waals surface area contributed by atoms with Crippen LogP contribution in [-0.4, -0.2) is 47.4 Å². The van der Waals surface area contributed by atoms with E-state index < -0.39 is 18.1 Å². The Balaban J connectivity index is 2.02. The fraction of sp³-hybridized carbons (Fsp3) is 0.192. The summed E-state index contributed by atoms with van der Waals surface area (Å²) < 4.78 is 0.813. The largest absolute Gasteiger partial charge is 0.319 e. The topological polar surface area (TPSA) is 79.0 Å². The molecule has 0 aliphatic carbocycles. The first-order chi connectivity index (χ1) is 16.7. The molecule has 0 fully saturated rings. The Labute approximate surface area is 223 Å². The van der Waals surface area contributed by atoms with E-state index in [-0.39, 0.29) is 11.7 Å². The highest BCUT2D eigenvalue weighted by molar-refractivity contribution is 9.10. The van der Waals surface area contributed by atoms with Crippen LogP contribution in [0.1, 0.15) is 16.7 Å². The standard InChI is InChI=1S/C26H24BrClN4O2S/c1-15-8-9-17(27)12-22(15)32-21-11-10-18(28)13-19(21)23(16-6-4-3-5-7-16)30-24(26(32)34)31(2)25(33)20(29)14-35/h3-13,20,24,35H,14,29H2,1-2H3. The first kappa shape index (κ1) is 25.4. The molecule has 3 aromatic carbocycles. The second-order valence-electron chi connectivity index (χ2n) is 8.22. The second kappa shape index (κ2) is 10.5. The number of rotatable bonds is 5. The average Bonchev–Trinajstić information content (AvgIpc) is 2.98. The highest BCUT2D eigenvalue weighted by atomic mass is 79.9. The van der Waals surface area contributed by atoms with Crippen molar-refractivity contribution in [2.24, 2.45) is 10.7 Å². The van der Waals surface area contributed by atoms with Gasteiger partial charge in [0.15, 0.2) is 0 Å². The number of nitrogens with zero attached hydrogens (tertiary/aromatic N) is 3. The van der Waals surface area contributed by atoms with Crippen LogP contribution in [0.3, 0.4) is 0 Å². The number of benzodiazepines with no additional fused rings is 1. The zero-order chi connectivity index (χ0) is 25.3. The van der Waals surface area contributed by atoms with Gasteiger partial charge in [-0.1, -0.05) is 63.9 Å². The third-order valence-corrected chi connectivity index (χ3v) is 6.96. The molecule has 1 heterocycles. The smallest absolute Gasteiger partial charge is 0.277 e. The minimum Gasteiger partial charge on any atom is -0.319 e. The molecule has 0 aromatic heterocycles. The van der Waals surface area contributed by atoms with E-state index in [1.807, 2.05) is 55.5 Å². The Hall–Kier alpha value is -2.65. The number of anilines is 2. The molecule has 180 valence electrons. The van der Waals surface area contributed by atoms with Crippen molar-refractivity contribution in [1.82, 2.24) is 4.90 Å². The molecule has 0 saturated heterocycles. The van der Waals surface area contributed by atoms with Gasteiger partial charge in [0, 0.05) is 33.4 Å². The lowest BCUT2D eigenvalue weighted by atomic mass is 9.99. The molecule has 35 heavy (non-hydrogen) atoms. The predicted molar refractivity (Wildman–Crippen MR) is 148 cm³/mol. The minimum atomic E-state index is -1.16. The molecule has 0 bridgehead atoms. The quantitative estimate of drug-likeness (QED) is 0.425. The number of hydrogen-bond donors (Lipinski definition) is 2. The highest BCUT2D eigenvalue weighted by Crippen LogP contribution is 2.38. The van der Waals surface area contributed by atoms with Crippen LogP contribution in [0.15, 0.2) is 76.2 Å². The number of amides is 2. The van der Waals surface area contributed by atoms with Gasteiger partial charge in [-0.15, -0.1) is 0 Å². The molecule has 3 aromatic rings. The van der Waals surface area contributed by atoms with Crippen molar-refractivity contribution in [2.75, 3.05) is 17.7 Å². The molecule has 2 amide bonds. The fourth-order valence-corrected chi connectivity index (χ4v) is 4.66. The maximum atomic E-state index is 14.2. The molecule has 9 heteroatoms. The summed E-state index contributed by atoms with van der Waals surface area (Å²) in [6, 6.07) is 19.7. The second-order valence-corrected chi connectivity index (χ2v) is 9.94. The van der Waals surface area contributed by atoms with Gasteiger partial charge in [-0.3, -0.25) is 14.5 Å². The van der Waals surface area contributed by atoms with Crippen molar-refractivity contribution in [1.29, 1.82) is 0 Å². The van der Waals surface area contributed by atoms with Gasteiger partial charge >= 0.3 is 0 Å². The van der Waals surface area contributed by atoms with Crippen LogP contribution in [0.25, 0.3) is 0 Å². The Morgan fingerprint density at radius 3 is 2.57 bits per heavy atom. The van der Waals surface area contributed by atoms with E-state index in [4.69, 9.17) is 22.3 Å². The van der Waals surface area contributed by atoms with E-state index in [2.05, 4.69) is 28.6 Å². The maximum Gasteiger partial charge on any atom is 0.277 e. The van der Waals surface area contributed by atoms with E-state index in [0.717, 1.165) is 15.6 Å². The lowest BCUT2D eigenvalue weighted by molar-refractivity contribution is -0.137. The molecule has 0 spiro atoms. The molecule has 4 rings (SSSR count). The number of halogens is 2. The van der Waals surface area contributed by atoms with Gasteiger partial charge in [0.2, 0.25) is 12.1 Å². The van der Waals surface area contributed by atoms with Crippen LogP contribution < -0.4 is 10.6 Å². The monoisotopic (exact) mass is 570 g/mol. The Morgan fingerprint density at radius 1 is 1.17 bits per heavy atom. The van der Waals surface area contributed by atoms with Gasteiger partial charge in [0.25, 0.3) is 5.91 Å². The normalized spacial score (nSPS) is 16.3. The number of carbonyl (C=O) groups excluding carboxylic acids is 2. The van der Waals surface area contributed by atoms with Crippen LogP contribution in [-0.2, 0) is 9.59 Å². The van der Waals surface area contributed by atoms with Crippen molar-refractivity contribution in [3.63, 3.8) is 0 Å². The summed E-state index contributed by atoms with van der Waals surface area (Å²) >= 11 is 14.1. The molecule has 2 N–H and O–H groups in total. The number of hydrogen-bond acceptors (Lipinski definition) is 5. The average molecular weight is 572 g/mol. The SMILES string of the molecule is Cc1ccc(Br)cc1N1C(=O)C(N(C)C(=O)C(N)CS)N=C(c2ccccc2)c2cc(Cl)ccc21. The number of aliphatic imine (C=N–C) groups is 1. The van der Waals surface area contributed by atoms with Crippen molar-refractivity contribution in [3.05, 3.63) is 92.9 Å². The van der Waals surface area contributed by atoms with Crippen LogP contribution in [0.2, 0.25) is 5.02 Å². The molecular weight excluding hydrogens is 548 g/mol. The Kier molecular flexibility index (Phi) is 7.66. The third-order valence-electron chi connectivity index (χ3n) is 5.83. The van der Waals surface area contributed by atoms with Gasteiger partial charge in [-0.25, -0.2) is 4.99 Å². The van der Waals surface area contributed by atoms with Crippen LogP contribution in [0, 0.1) is 6.92 Å². The zero-order valence-corrected chi connectivity index (χ0v) is 22.4. The number of nitrogens with two attached hydrogens (primary N) is 1. The van der Waals surface area contributed by atoms with E-state index in [1.165, 1.54) is 11.9 Å². The number of carbonyl (C=O) groups is 2. The summed E-state index contributed by atoms with van der Waals surface area (Å²) in [5.41, 5.74) is 10.2. The number of thiol groups is 1. The van der Waals surface area contributed by atoms with Gasteiger partial charge in [-0.2, -0.15) is 12.6 Å². The van der Waals surface area contributed by atoms with Crippen LogP contribution >= 0.6 is 40.2 Å². The molecule has 0 radical (unpaired) electrons. The van der Waals surface area contributed by atoms with Crippen molar-refractivity contribution in [2.45, 2.75) is 19.1 Å². The number of fused-ring (bicyclic) bond motifs is 1. The highest BCUT2D eigenvalue weighted by Gasteiger charge is 2.38. The Morgan fingerprint density at radius 2 is 1.89 bits per heavy atom. The van der Waals surface area contributed by atoms with E-state index >= 15 is 0 Å². The lowest BCUT2D eigenvalue weighted by Gasteiger charge is -2.31. The van der Waals surface area contributed by atoms with E-state index in [0.29, 0.717) is 27.7 Å². The third kappa shape index (κ3) is 5.02. The van der Waals surface area contributed by atoms with Crippen molar-refractivity contribution >= 4 is 69.1 Å². The maximum absolute atomic E-state index is 14.2. The van der Waals surface area contributed by atoms with E-state index in [9.17, 15) is 9.59 Å². The molecular formula is C26H24BrClN4O2S. The first-order valence-corrected chi connectivity index (χ1v) is 12.7. The molecule has 1 aliphatic rings. The summed E-state index contributed by atoms with van der Waals surface area (Å²) in [6.45, 7) is 1.93. The summed E-state index contributed by atoms with van der Waals surface area (Å²) in [7, 11) is 1.54. The molecule has 2 atom stereocenters. The molecule has 2 unspecified atom stereocenters.